The molecule has 2 rings (SSSR count). The van der Waals surface area contributed by atoms with Gasteiger partial charge in [-0.1, -0.05) is 55.5 Å². The van der Waals surface area contributed by atoms with Gasteiger partial charge < -0.3 is 10.1 Å². The molecule has 0 aromatic heterocycles. The van der Waals surface area contributed by atoms with E-state index in [1.807, 2.05) is 31.3 Å². The van der Waals surface area contributed by atoms with E-state index in [0.717, 1.165) is 30.0 Å². The third kappa shape index (κ3) is 4.20. The lowest BCUT2D eigenvalue weighted by Crippen LogP contribution is -2.41. The van der Waals surface area contributed by atoms with E-state index in [1.54, 1.807) is 0 Å². The predicted molar refractivity (Wildman–Crippen MR) is 80.6 cm³/mol. The van der Waals surface area contributed by atoms with Crippen LogP contribution in [0.2, 0.25) is 5.02 Å². The third-order valence-corrected chi connectivity index (χ3v) is 4.37. The minimum Gasteiger partial charge on any atom is -0.369 e. The first-order chi connectivity index (χ1) is 9.26. The maximum Gasteiger partial charge on any atom is 0.0810 e. The average Bonchev–Trinajstić information content (AvgIpc) is 2.65. The van der Waals surface area contributed by atoms with Gasteiger partial charge in [0.25, 0.3) is 0 Å². The molecule has 19 heavy (non-hydrogen) atoms. The first-order valence-electron chi connectivity index (χ1n) is 7.28. The summed E-state index contributed by atoms with van der Waals surface area (Å²) in [5.41, 5.74) is 1.08. The van der Waals surface area contributed by atoms with E-state index in [4.69, 9.17) is 16.3 Å². The smallest absolute Gasteiger partial charge is 0.0810 e. The number of rotatable bonds is 5. The Labute approximate surface area is 121 Å². The summed E-state index contributed by atoms with van der Waals surface area (Å²) in [6.07, 6.45) is 7.51. The molecular weight excluding hydrogens is 258 g/mol. The number of ether oxygens (including phenoxy) is 1. The fourth-order valence-corrected chi connectivity index (χ4v) is 3.10. The van der Waals surface area contributed by atoms with Crippen LogP contribution < -0.4 is 5.32 Å². The van der Waals surface area contributed by atoms with E-state index in [-0.39, 0.29) is 5.60 Å². The number of likely N-dealkylation sites (N-methyl/N-ethyl adjacent to an activating group) is 1. The van der Waals surface area contributed by atoms with Crippen LogP contribution in [0.1, 0.15) is 44.1 Å². The quantitative estimate of drug-likeness (QED) is 0.818. The molecule has 0 aliphatic heterocycles. The first-order valence-corrected chi connectivity index (χ1v) is 7.65. The summed E-state index contributed by atoms with van der Waals surface area (Å²) >= 11 is 6.20. The molecule has 1 saturated carbocycles. The third-order valence-electron chi connectivity index (χ3n) is 4.01. The maximum atomic E-state index is 6.31. The molecule has 1 fully saturated rings. The normalized spacial score (nSPS) is 19.1. The average molecular weight is 282 g/mol. The molecule has 0 bridgehead atoms. The molecule has 106 valence electrons. The van der Waals surface area contributed by atoms with Crippen molar-refractivity contribution in [2.24, 2.45) is 0 Å². The summed E-state index contributed by atoms with van der Waals surface area (Å²) in [5.74, 6) is 0. The Morgan fingerprint density at radius 3 is 2.47 bits per heavy atom. The monoisotopic (exact) mass is 281 g/mol. The number of hydrogen-bond donors (Lipinski definition) is 1. The van der Waals surface area contributed by atoms with Crippen LogP contribution >= 0.6 is 11.6 Å². The zero-order valence-corrected chi connectivity index (χ0v) is 12.5. The van der Waals surface area contributed by atoms with Gasteiger partial charge >= 0.3 is 0 Å². The zero-order chi connectivity index (χ0) is 13.6. The molecule has 2 nitrogen and oxygen atoms in total. The van der Waals surface area contributed by atoms with Crippen molar-refractivity contribution in [1.29, 1.82) is 0 Å². The van der Waals surface area contributed by atoms with Crippen molar-refractivity contribution in [2.75, 3.05) is 13.6 Å². The fraction of sp³-hybridized carbons (Fsp3) is 0.625. The largest absolute Gasteiger partial charge is 0.369 e. The molecule has 1 aliphatic rings. The van der Waals surface area contributed by atoms with Gasteiger partial charge in [0.1, 0.15) is 0 Å². The lowest BCUT2D eigenvalue weighted by molar-refractivity contribution is -0.0645. The standard InChI is InChI=1S/C16H24ClNO/c1-18-13-16(10-6-2-3-7-11-16)19-12-14-8-4-5-9-15(14)17/h4-5,8-9,18H,2-3,6-7,10-13H2,1H3. The second-order valence-electron chi connectivity index (χ2n) is 5.51. The molecule has 0 saturated heterocycles. The van der Waals surface area contributed by atoms with Gasteiger partial charge in [0, 0.05) is 11.6 Å². The van der Waals surface area contributed by atoms with Gasteiger partial charge in [-0.25, -0.2) is 0 Å². The van der Waals surface area contributed by atoms with Crippen LogP contribution in [-0.2, 0) is 11.3 Å². The second kappa shape index (κ2) is 7.28. The molecule has 1 aromatic rings. The van der Waals surface area contributed by atoms with E-state index in [0.29, 0.717) is 6.61 Å². The Hall–Kier alpha value is -0.570. The summed E-state index contributed by atoms with van der Waals surface area (Å²) in [6.45, 7) is 1.54. The highest BCUT2D eigenvalue weighted by Crippen LogP contribution is 2.31. The van der Waals surface area contributed by atoms with Crippen LogP contribution in [0.5, 0.6) is 0 Å². The van der Waals surface area contributed by atoms with Crippen LogP contribution in [0, 0.1) is 0 Å². The van der Waals surface area contributed by atoms with Crippen LogP contribution in [0.25, 0.3) is 0 Å². The number of hydrogen-bond acceptors (Lipinski definition) is 2. The van der Waals surface area contributed by atoms with Crippen LogP contribution in [-0.4, -0.2) is 19.2 Å². The molecule has 3 heteroatoms. The number of halogens is 1. The van der Waals surface area contributed by atoms with Gasteiger partial charge in [0.2, 0.25) is 0 Å². The number of benzene rings is 1. The summed E-state index contributed by atoms with van der Waals surface area (Å²) in [6, 6.07) is 7.95. The van der Waals surface area contributed by atoms with Crippen molar-refractivity contribution in [1.82, 2.24) is 5.32 Å². The summed E-state index contributed by atoms with van der Waals surface area (Å²) < 4.78 is 6.31. The van der Waals surface area contributed by atoms with E-state index in [1.165, 1.54) is 25.7 Å². The van der Waals surface area contributed by atoms with Crippen LogP contribution in [0.3, 0.4) is 0 Å². The molecule has 1 N–H and O–H groups in total. The highest BCUT2D eigenvalue weighted by Gasteiger charge is 2.31. The van der Waals surface area contributed by atoms with Crippen molar-refractivity contribution in [2.45, 2.75) is 50.7 Å². The van der Waals surface area contributed by atoms with E-state index in [9.17, 15) is 0 Å². The number of nitrogens with one attached hydrogen (secondary N) is 1. The topological polar surface area (TPSA) is 21.3 Å². The summed E-state index contributed by atoms with van der Waals surface area (Å²) in [7, 11) is 2.01. The van der Waals surface area contributed by atoms with Crippen LogP contribution in [0.4, 0.5) is 0 Å². The van der Waals surface area contributed by atoms with Gasteiger partial charge in [0.15, 0.2) is 0 Å². The Morgan fingerprint density at radius 1 is 1.16 bits per heavy atom. The molecule has 0 radical (unpaired) electrons. The van der Waals surface area contributed by atoms with Gasteiger partial charge in [-0.05, 0) is 31.5 Å². The highest BCUT2D eigenvalue weighted by atomic mass is 35.5. The van der Waals surface area contributed by atoms with E-state index < -0.39 is 0 Å². The maximum absolute atomic E-state index is 6.31. The lowest BCUT2D eigenvalue weighted by Gasteiger charge is -2.33. The molecule has 0 spiro atoms. The summed E-state index contributed by atoms with van der Waals surface area (Å²) in [5, 5.41) is 4.10. The Balaban J connectivity index is 2.02. The SMILES string of the molecule is CNCC1(OCc2ccccc2Cl)CCCCCC1. The van der Waals surface area contributed by atoms with Crippen molar-refractivity contribution in [3.05, 3.63) is 34.9 Å². The van der Waals surface area contributed by atoms with E-state index >= 15 is 0 Å². The van der Waals surface area contributed by atoms with E-state index in [2.05, 4.69) is 5.32 Å². The van der Waals surface area contributed by atoms with Gasteiger partial charge in [-0.2, -0.15) is 0 Å². The minimum atomic E-state index is -0.00950. The van der Waals surface area contributed by atoms with Crippen molar-refractivity contribution < 1.29 is 4.74 Å². The first kappa shape index (κ1) is 14.8. The molecule has 0 heterocycles. The van der Waals surface area contributed by atoms with Crippen LogP contribution in [0.15, 0.2) is 24.3 Å². The molecule has 0 atom stereocenters. The highest BCUT2D eigenvalue weighted by molar-refractivity contribution is 6.31. The zero-order valence-electron chi connectivity index (χ0n) is 11.8. The van der Waals surface area contributed by atoms with Gasteiger partial charge in [-0.15, -0.1) is 0 Å². The molecule has 1 aliphatic carbocycles. The Morgan fingerprint density at radius 2 is 1.84 bits per heavy atom. The molecular formula is C16H24ClNO. The summed E-state index contributed by atoms with van der Waals surface area (Å²) in [4.78, 5) is 0. The lowest BCUT2D eigenvalue weighted by atomic mass is 9.94. The molecule has 1 aromatic carbocycles. The molecule has 0 amide bonds. The minimum absolute atomic E-state index is 0.00950. The Kier molecular flexibility index (Phi) is 5.68. The van der Waals surface area contributed by atoms with Crippen molar-refractivity contribution in [3.8, 4) is 0 Å². The molecule has 0 unspecified atom stereocenters. The van der Waals surface area contributed by atoms with Crippen molar-refractivity contribution >= 4 is 11.6 Å². The Bertz CT molecular complexity index is 386. The van der Waals surface area contributed by atoms with Crippen molar-refractivity contribution in [3.63, 3.8) is 0 Å². The van der Waals surface area contributed by atoms with Gasteiger partial charge in [0.05, 0.1) is 12.2 Å². The van der Waals surface area contributed by atoms with Gasteiger partial charge in [-0.3, -0.25) is 0 Å². The predicted octanol–water partition coefficient (Wildman–Crippen LogP) is 4.17. The fourth-order valence-electron chi connectivity index (χ4n) is 2.91. The second-order valence-corrected chi connectivity index (χ2v) is 5.91.